The van der Waals surface area contributed by atoms with Crippen LogP contribution < -0.4 is 11.1 Å². The second-order valence-electron chi connectivity index (χ2n) is 9.03. The van der Waals surface area contributed by atoms with Crippen LogP contribution in [0, 0.1) is 5.92 Å². The second kappa shape index (κ2) is 13.2. The van der Waals surface area contributed by atoms with Crippen molar-refractivity contribution in [1.29, 1.82) is 0 Å². The zero-order valence-corrected chi connectivity index (χ0v) is 19.8. The van der Waals surface area contributed by atoms with Crippen molar-refractivity contribution >= 4 is 6.09 Å². The molecule has 0 aliphatic carbocycles. The zero-order valence-electron chi connectivity index (χ0n) is 19.8. The first-order chi connectivity index (χ1) is 15.3. The molecule has 6 heteroatoms. The highest BCUT2D eigenvalue weighted by Gasteiger charge is 2.31. The van der Waals surface area contributed by atoms with Crippen LogP contribution in [0.2, 0.25) is 0 Å². The molecular formula is C26H38N2O4. The van der Waals surface area contributed by atoms with Crippen molar-refractivity contribution < 1.29 is 19.0 Å². The van der Waals surface area contributed by atoms with Crippen molar-refractivity contribution in [3.63, 3.8) is 0 Å². The molecular weight excluding hydrogens is 404 g/mol. The van der Waals surface area contributed by atoms with Gasteiger partial charge in [0, 0.05) is 25.1 Å². The largest absolute Gasteiger partial charge is 0.444 e. The minimum atomic E-state index is -0.585. The number of alkyl carbamates (subject to hydrolysis) is 1. The Balaban J connectivity index is 2.24. The summed E-state index contributed by atoms with van der Waals surface area (Å²) in [7, 11) is 1.64. The summed E-state index contributed by atoms with van der Waals surface area (Å²) in [5.74, 6) is -0.125. The highest BCUT2D eigenvalue weighted by atomic mass is 16.6. The molecule has 2 rings (SSSR count). The predicted octanol–water partition coefficient (Wildman–Crippen LogP) is 3.97. The van der Waals surface area contributed by atoms with E-state index in [1.807, 2.05) is 57.2 Å². The van der Waals surface area contributed by atoms with Crippen LogP contribution in [0.1, 0.15) is 31.9 Å². The van der Waals surface area contributed by atoms with E-state index in [0.717, 1.165) is 11.1 Å². The van der Waals surface area contributed by atoms with E-state index in [2.05, 4.69) is 29.6 Å². The van der Waals surface area contributed by atoms with E-state index < -0.39 is 11.7 Å². The summed E-state index contributed by atoms with van der Waals surface area (Å²) in [5, 5.41) is 3.08. The SMILES string of the molecule is COCCOCC(C(N)Cc1ccccc1)C(Cc1ccccc1)NC(=O)OC(C)(C)C. The molecule has 6 nitrogen and oxygen atoms in total. The van der Waals surface area contributed by atoms with Gasteiger partial charge in [0.15, 0.2) is 0 Å². The molecule has 32 heavy (non-hydrogen) atoms. The molecule has 0 heterocycles. The van der Waals surface area contributed by atoms with Crippen molar-refractivity contribution in [3.8, 4) is 0 Å². The summed E-state index contributed by atoms with van der Waals surface area (Å²) in [6, 6.07) is 19.7. The number of amides is 1. The van der Waals surface area contributed by atoms with Gasteiger partial charge in [-0.05, 0) is 44.7 Å². The number of nitrogens with two attached hydrogens (primary N) is 1. The molecule has 3 N–H and O–H groups in total. The van der Waals surface area contributed by atoms with Gasteiger partial charge in [0.05, 0.1) is 19.8 Å². The van der Waals surface area contributed by atoms with Gasteiger partial charge in [-0.1, -0.05) is 60.7 Å². The quantitative estimate of drug-likeness (QED) is 0.486. The minimum absolute atomic E-state index is 0.125. The fourth-order valence-electron chi connectivity index (χ4n) is 3.57. The zero-order chi connectivity index (χ0) is 23.4. The molecule has 0 aliphatic heterocycles. The fraction of sp³-hybridized carbons (Fsp3) is 0.500. The Labute approximate surface area is 192 Å². The van der Waals surface area contributed by atoms with Crippen LogP contribution in [-0.4, -0.2) is 50.7 Å². The summed E-state index contributed by atoms with van der Waals surface area (Å²) >= 11 is 0. The number of carbonyl (C=O) groups excluding carboxylic acids is 1. The van der Waals surface area contributed by atoms with E-state index in [1.165, 1.54) is 0 Å². The average molecular weight is 443 g/mol. The van der Waals surface area contributed by atoms with E-state index in [4.69, 9.17) is 19.9 Å². The Morgan fingerprint density at radius 3 is 2.03 bits per heavy atom. The molecule has 176 valence electrons. The Kier molecular flexibility index (Phi) is 10.7. The third-order valence-electron chi connectivity index (χ3n) is 5.12. The first-order valence-corrected chi connectivity index (χ1v) is 11.2. The third kappa shape index (κ3) is 9.81. The topological polar surface area (TPSA) is 82.8 Å². The molecule has 0 aliphatic rings. The summed E-state index contributed by atoms with van der Waals surface area (Å²) in [5.41, 5.74) is 8.40. The molecule has 1 amide bonds. The number of nitrogens with one attached hydrogen (secondary N) is 1. The maximum atomic E-state index is 12.7. The highest BCUT2D eigenvalue weighted by molar-refractivity contribution is 5.68. The van der Waals surface area contributed by atoms with Crippen molar-refractivity contribution in [1.82, 2.24) is 5.32 Å². The van der Waals surface area contributed by atoms with Gasteiger partial charge in [0.2, 0.25) is 0 Å². The van der Waals surface area contributed by atoms with Crippen molar-refractivity contribution in [2.75, 3.05) is 26.9 Å². The first kappa shape index (κ1) is 25.8. The van der Waals surface area contributed by atoms with Crippen LogP contribution in [0.5, 0.6) is 0 Å². The van der Waals surface area contributed by atoms with Gasteiger partial charge in [0.25, 0.3) is 0 Å². The van der Waals surface area contributed by atoms with Gasteiger partial charge in [-0.3, -0.25) is 0 Å². The van der Waals surface area contributed by atoms with Crippen LogP contribution in [0.25, 0.3) is 0 Å². The predicted molar refractivity (Wildman–Crippen MR) is 128 cm³/mol. The van der Waals surface area contributed by atoms with Crippen LogP contribution in [0.3, 0.4) is 0 Å². The molecule has 0 fully saturated rings. The smallest absolute Gasteiger partial charge is 0.407 e. The monoisotopic (exact) mass is 442 g/mol. The molecule has 2 aromatic rings. The lowest BCUT2D eigenvalue weighted by molar-refractivity contribution is 0.0280. The molecule has 0 radical (unpaired) electrons. The standard InChI is InChI=1S/C26H38N2O4/c1-26(2,3)32-25(29)28-24(18-21-13-9-6-10-14-21)22(19-31-16-15-30-4)23(27)17-20-11-7-5-8-12-20/h5-14,22-24H,15-19,27H2,1-4H3,(H,28,29). The van der Waals surface area contributed by atoms with Crippen LogP contribution in [0.15, 0.2) is 60.7 Å². The summed E-state index contributed by atoms with van der Waals surface area (Å²) in [6.45, 7) is 6.94. The highest BCUT2D eigenvalue weighted by Crippen LogP contribution is 2.19. The van der Waals surface area contributed by atoms with Gasteiger partial charge in [-0.25, -0.2) is 4.79 Å². The van der Waals surface area contributed by atoms with Crippen LogP contribution in [-0.2, 0) is 27.1 Å². The number of ether oxygens (including phenoxy) is 3. The van der Waals surface area contributed by atoms with Crippen molar-refractivity contribution in [3.05, 3.63) is 71.8 Å². The molecule has 0 aromatic heterocycles. The molecule has 3 atom stereocenters. The molecule has 0 saturated heterocycles. The summed E-state index contributed by atoms with van der Waals surface area (Å²) < 4.78 is 16.6. The molecule has 2 aromatic carbocycles. The Morgan fingerprint density at radius 2 is 1.50 bits per heavy atom. The number of hydrogen-bond donors (Lipinski definition) is 2. The van der Waals surface area contributed by atoms with Crippen LogP contribution in [0.4, 0.5) is 4.79 Å². The average Bonchev–Trinajstić information content (AvgIpc) is 2.73. The number of hydrogen-bond acceptors (Lipinski definition) is 5. The summed E-state index contributed by atoms with van der Waals surface area (Å²) in [4.78, 5) is 12.7. The lowest BCUT2D eigenvalue weighted by atomic mass is 9.85. The summed E-state index contributed by atoms with van der Waals surface area (Å²) in [6.07, 6.45) is 0.855. The Morgan fingerprint density at radius 1 is 0.938 bits per heavy atom. The fourth-order valence-corrected chi connectivity index (χ4v) is 3.57. The first-order valence-electron chi connectivity index (χ1n) is 11.2. The molecule has 0 saturated carbocycles. The maximum absolute atomic E-state index is 12.7. The van der Waals surface area contributed by atoms with Gasteiger partial charge in [-0.15, -0.1) is 0 Å². The number of benzene rings is 2. The molecule has 0 bridgehead atoms. The molecule has 3 unspecified atom stereocenters. The van der Waals surface area contributed by atoms with Crippen molar-refractivity contribution in [2.45, 2.75) is 51.3 Å². The molecule has 0 spiro atoms. The van der Waals surface area contributed by atoms with Crippen molar-refractivity contribution in [2.24, 2.45) is 11.7 Å². The number of carbonyl (C=O) groups is 1. The van der Waals surface area contributed by atoms with Gasteiger partial charge >= 0.3 is 6.09 Å². The van der Waals surface area contributed by atoms with Gasteiger partial charge < -0.3 is 25.3 Å². The van der Waals surface area contributed by atoms with E-state index in [9.17, 15) is 4.79 Å². The minimum Gasteiger partial charge on any atom is -0.444 e. The van der Waals surface area contributed by atoms with Crippen LogP contribution >= 0.6 is 0 Å². The van der Waals surface area contributed by atoms with Gasteiger partial charge in [0.1, 0.15) is 5.60 Å². The number of methoxy groups -OCH3 is 1. The lowest BCUT2D eigenvalue weighted by Crippen LogP contribution is -2.52. The Bertz CT molecular complexity index is 777. The van der Waals surface area contributed by atoms with E-state index >= 15 is 0 Å². The third-order valence-corrected chi connectivity index (χ3v) is 5.12. The second-order valence-corrected chi connectivity index (χ2v) is 9.03. The normalized spacial score (nSPS) is 14.4. The van der Waals surface area contributed by atoms with E-state index in [-0.39, 0.29) is 18.0 Å². The Hall–Kier alpha value is -2.41. The lowest BCUT2D eigenvalue weighted by Gasteiger charge is -2.33. The van der Waals surface area contributed by atoms with Gasteiger partial charge in [-0.2, -0.15) is 0 Å². The number of rotatable bonds is 12. The van der Waals surface area contributed by atoms with E-state index in [1.54, 1.807) is 7.11 Å². The maximum Gasteiger partial charge on any atom is 0.407 e. The van der Waals surface area contributed by atoms with E-state index in [0.29, 0.717) is 32.7 Å².